The first-order chi connectivity index (χ1) is 9.47. The molecule has 0 spiro atoms. The summed E-state index contributed by atoms with van der Waals surface area (Å²) in [4.78, 5) is 14.3. The van der Waals surface area contributed by atoms with Gasteiger partial charge >= 0.3 is 5.97 Å². The van der Waals surface area contributed by atoms with E-state index in [4.69, 9.17) is 5.11 Å². The number of aromatic nitrogens is 1. The van der Waals surface area contributed by atoms with Crippen LogP contribution in [0.5, 0.6) is 0 Å². The predicted octanol–water partition coefficient (Wildman–Crippen LogP) is 1.26. The van der Waals surface area contributed by atoms with Gasteiger partial charge in [0.05, 0.1) is 0 Å². The summed E-state index contributed by atoms with van der Waals surface area (Å²) in [6, 6.07) is 1.40. The fourth-order valence-electron chi connectivity index (χ4n) is 1.85. The Morgan fingerprint density at radius 3 is 2.80 bits per heavy atom. The molecule has 7 heteroatoms. The molecule has 1 aromatic heterocycles. The first-order valence-corrected chi connectivity index (χ1v) is 7.81. The highest BCUT2D eigenvalue weighted by Crippen LogP contribution is 2.25. The van der Waals surface area contributed by atoms with E-state index in [9.17, 15) is 13.2 Å². The number of nitrogens with zero attached hydrogens (tertiary/aromatic N) is 1. The van der Waals surface area contributed by atoms with E-state index in [0.717, 1.165) is 25.3 Å². The number of aliphatic carboxylic acids is 1. The van der Waals surface area contributed by atoms with Crippen molar-refractivity contribution >= 4 is 22.1 Å². The van der Waals surface area contributed by atoms with Crippen LogP contribution in [0, 0.1) is 5.92 Å². The molecule has 0 saturated heterocycles. The first kappa shape index (κ1) is 14.7. The van der Waals surface area contributed by atoms with E-state index in [1.807, 2.05) is 0 Å². The molecule has 2 rings (SSSR count). The minimum absolute atomic E-state index is 0.0457. The van der Waals surface area contributed by atoms with E-state index in [1.54, 1.807) is 0 Å². The van der Waals surface area contributed by atoms with Crippen LogP contribution in [0.2, 0.25) is 0 Å². The van der Waals surface area contributed by atoms with Crippen molar-refractivity contribution in [1.82, 2.24) is 9.71 Å². The van der Waals surface area contributed by atoms with Crippen molar-refractivity contribution in [3.8, 4) is 0 Å². The monoisotopic (exact) mass is 296 g/mol. The van der Waals surface area contributed by atoms with Crippen LogP contribution in [0.1, 0.15) is 24.8 Å². The molecule has 1 aliphatic carbocycles. The smallest absolute Gasteiger partial charge is 0.328 e. The van der Waals surface area contributed by atoms with Gasteiger partial charge in [-0.15, -0.1) is 0 Å². The van der Waals surface area contributed by atoms with Gasteiger partial charge in [0.1, 0.15) is 4.90 Å². The number of sulfonamides is 1. The summed E-state index contributed by atoms with van der Waals surface area (Å²) in [6.07, 6.45) is 8.18. The number of carboxylic acids is 1. The van der Waals surface area contributed by atoms with Gasteiger partial charge in [-0.25, -0.2) is 17.9 Å². The lowest BCUT2D eigenvalue weighted by Gasteiger charge is -2.25. The average molecular weight is 296 g/mol. The number of pyridine rings is 1. The van der Waals surface area contributed by atoms with Crippen molar-refractivity contribution in [2.75, 3.05) is 6.54 Å². The standard InChI is InChI=1S/C13H16N2O4S/c16-13(17)5-4-11-6-12(9-14-7-11)20(18,19)15-8-10-2-1-3-10/h4-7,9-10,15H,1-3,8H2,(H,16,17). The fraction of sp³-hybridized carbons (Fsp3) is 0.385. The maximum absolute atomic E-state index is 12.1. The summed E-state index contributed by atoms with van der Waals surface area (Å²) >= 11 is 0. The Balaban J connectivity index is 2.09. The van der Waals surface area contributed by atoms with Crippen molar-refractivity contribution in [3.05, 3.63) is 30.1 Å². The van der Waals surface area contributed by atoms with Crippen molar-refractivity contribution in [3.63, 3.8) is 0 Å². The van der Waals surface area contributed by atoms with Crippen LogP contribution in [-0.2, 0) is 14.8 Å². The molecule has 0 radical (unpaired) electrons. The van der Waals surface area contributed by atoms with Crippen molar-refractivity contribution in [2.24, 2.45) is 5.92 Å². The molecule has 1 fully saturated rings. The summed E-state index contributed by atoms with van der Waals surface area (Å²) in [5, 5.41) is 8.55. The fourth-order valence-corrected chi connectivity index (χ4v) is 2.96. The summed E-state index contributed by atoms with van der Waals surface area (Å²) in [5.41, 5.74) is 0.430. The Labute approximate surface area is 117 Å². The maximum Gasteiger partial charge on any atom is 0.328 e. The van der Waals surface area contributed by atoms with E-state index in [2.05, 4.69) is 9.71 Å². The zero-order chi connectivity index (χ0) is 14.6. The molecule has 0 aromatic carbocycles. The summed E-state index contributed by atoms with van der Waals surface area (Å²) < 4.78 is 26.7. The summed E-state index contributed by atoms with van der Waals surface area (Å²) in [7, 11) is -3.59. The second-order valence-corrected chi connectivity index (χ2v) is 6.54. The number of rotatable bonds is 6. The molecule has 1 heterocycles. The van der Waals surface area contributed by atoms with Crippen LogP contribution in [0.15, 0.2) is 29.4 Å². The Morgan fingerprint density at radius 1 is 1.45 bits per heavy atom. The molecule has 2 N–H and O–H groups in total. The Hall–Kier alpha value is -1.73. The van der Waals surface area contributed by atoms with Gasteiger partial charge in [0.15, 0.2) is 0 Å². The van der Waals surface area contributed by atoms with Crippen LogP contribution in [0.3, 0.4) is 0 Å². The molecule has 0 atom stereocenters. The molecular formula is C13H16N2O4S. The Bertz CT molecular complexity index is 621. The minimum atomic E-state index is -3.59. The van der Waals surface area contributed by atoms with Crippen molar-refractivity contribution < 1.29 is 18.3 Å². The van der Waals surface area contributed by atoms with Gasteiger partial charge in [0.2, 0.25) is 10.0 Å². The normalized spacial score (nSPS) is 16.2. The topological polar surface area (TPSA) is 96.4 Å². The highest BCUT2D eigenvalue weighted by Gasteiger charge is 2.21. The molecule has 1 saturated carbocycles. The van der Waals surface area contributed by atoms with Crippen molar-refractivity contribution in [2.45, 2.75) is 24.2 Å². The zero-order valence-corrected chi connectivity index (χ0v) is 11.6. The summed E-state index contributed by atoms with van der Waals surface area (Å²) in [6.45, 7) is 0.442. The lowest BCUT2D eigenvalue weighted by molar-refractivity contribution is -0.131. The third-order valence-corrected chi connectivity index (χ3v) is 4.64. The molecule has 0 bridgehead atoms. The molecule has 0 aliphatic heterocycles. The van der Waals surface area contributed by atoms with Crippen LogP contribution in [0.25, 0.3) is 6.08 Å². The molecule has 1 aliphatic rings. The summed E-state index contributed by atoms with van der Waals surface area (Å²) in [5.74, 6) is -0.672. The largest absolute Gasteiger partial charge is 0.478 e. The van der Waals surface area contributed by atoms with Gasteiger partial charge in [-0.05, 0) is 36.5 Å². The highest BCUT2D eigenvalue weighted by atomic mass is 32.2. The second-order valence-electron chi connectivity index (χ2n) is 4.77. The molecule has 1 aromatic rings. The SMILES string of the molecule is O=C(O)C=Cc1cncc(S(=O)(=O)NCC2CCC2)c1. The third kappa shape index (κ3) is 3.88. The van der Waals surface area contributed by atoms with Gasteiger partial charge in [-0.2, -0.15) is 0 Å². The molecule has 0 amide bonds. The van der Waals surface area contributed by atoms with Crippen molar-refractivity contribution in [1.29, 1.82) is 0 Å². The minimum Gasteiger partial charge on any atom is -0.478 e. The van der Waals surface area contributed by atoms with Crippen LogP contribution >= 0.6 is 0 Å². The molecule has 20 heavy (non-hydrogen) atoms. The van der Waals surface area contributed by atoms with Gasteiger partial charge in [0.25, 0.3) is 0 Å². The number of hydrogen-bond donors (Lipinski definition) is 2. The van der Waals surface area contributed by atoms with E-state index in [1.165, 1.54) is 24.5 Å². The number of nitrogens with one attached hydrogen (secondary N) is 1. The number of carboxylic acid groups (broad SMARTS) is 1. The average Bonchev–Trinajstić information content (AvgIpc) is 2.35. The number of carbonyl (C=O) groups is 1. The van der Waals surface area contributed by atoms with Crippen LogP contribution in [-0.4, -0.2) is 31.0 Å². The highest BCUT2D eigenvalue weighted by molar-refractivity contribution is 7.89. The van der Waals surface area contributed by atoms with Crippen LogP contribution in [0.4, 0.5) is 0 Å². The van der Waals surface area contributed by atoms with Crippen LogP contribution < -0.4 is 4.72 Å². The molecule has 6 nitrogen and oxygen atoms in total. The molecule has 0 unspecified atom stereocenters. The van der Waals surface area contributed by atoms with E-state index in [0.29, 0.717) is 18.0 Å². The second kappa shape index (κ2) is 6.15. The Kier molecular flexibility index (Phi) is 4.51. The third-order valence-electron chi connectivity index (χ3n) is 3.25. The van der Waals surface area contributed by atoms with E-state index >= 15 is 0 Å². The van der Waals surface area contributed by atoms with Gasteiger partial charge in [-0.1, -0.05) is 6.42 Å². The lowest BCUT2D eigenvalue weighted by Crippen LogP contribution is -2.32. The lowest BCUT2D eigenvalue weighted by atomic mass is 9.86. The Morgan fingerprint density at radius 2 is 2.20 bits per heavy atom. The van der Waals surface area contributed by atoms with E-state index in [-0.39, 0.29) is 4.90 Å². The molecule has 108 valence electrons. The maximum atomic E-state index is 12.1. The van der Waals surface area contributed by atoms with E-state index < -0.39 is 16.0 Å². The number of hydrogen-bond acceptors (Lipinski definition) is 4. The molecular weight excluding hydrogens is 280 g/mol. The first-order valence-electron chi connectivity index (χ1n) is 6.33. The predicted molar refractivity (Wildman–Crippen MR) is 73.4 cm³/mol. The quantitative estimate of drug-likeness (QED) is 0.770. The zero-order valence-electron chi connectivity index (χ0n) is 10.8. The van der Waals surface area contributed by atoms with Gasteiger partial charge < -0.3 is 5.11 Å². The van der Waals surface area contributed by atoms with Gasteiger partial charge in [0, 0.05) is 25.0 Å². The van der Waals surface area contributed by atoms with Gasteiger partial charge in [-0.3, -0.25) is 4.98 Å².